The minimum absolute atomic E-state index is 0.0188. The van der Waals surface area contributed by atoms with Crippen molar-refractivity contribution >= 4 is 5.91 Å². The fourth-order valence-electron chi connectivity index (χ4n) is 2.30. The van der Waals surface area contributed by atoms with Crippen molar-refractivity contribution in [2.45, 2.75) is 18.7 Å². The predicted molar refractivity (Wildman–Crippen MR) is 68.3 cm³/mol. The zero-order valence-electron chi connectivity index (χ0n) is 11.2. The Morgan fingerprint density at radius 2 is 2.42 bits per heavy atom. The second-order valence-corrected chi connectivity index (χ2v) is 4.81. The molecule has 7 nitrogen and oxygen atoms in total. The molecule has 1 fully saturated rings. The SMILES string of the molecule is COCC(=O)N[C@@H]1CN(Cc2ccnn2C)C[C@H]1O. The van der Waals surface area contributed by atoms with Crippen LogP contribution >= 0.6 is 0 Å². The van der Waals surface area contributed by atoms with Crippen LogP contribution in [-0.2, 0) is 23.1 Å². The van der Waals surface area contributed by atoms with Crippen LogP contribution in [0.15, 0.2) is 12.3 Å². The first-order valence-electron chi connectivity index (χ1n) is 6.25. The molecular weight excluding hydrogens is 248 g/mol. The number of aryl methyl sites for hydroxylation is 1. The van der Waals surface area contributed by atoms with E-state index >= 15 is 0 Å². The summed E-state index contributed by atoms with van der Waals surface area (Å²) in [7, 11) is 3.36. The van der Waals surface area contributed by atoms with Crippen molar-refractivity contribution in [2.24, 2.45) is 7.05 Å². The number of likely N-dealkylation sites (tertiary alicyclic amines) is 1. The van der Waals surface area contributed by atoms with E-state index in [0.29, 0.717) is 19.6 Å². The minimum Gasteiger partial charge on any atom is -0.390 e. The average molecular weight is 268 g/mol. The number of hydrogen-bond acceptors (Lipinski definition) is 5. The van der Waals surface area contributed by atoms with Crippen molar-refractivity contribution < 1.29 is 14.6 Å². The molecule has 2 heterocycles. The average Bonchev–Trinajstić information content (AvgIpc) is 2.88. The number of nitrogens with one attached hydrogen (secondary N) is 1. The Morgan fingerprint density at radius 1 is 1.63 bits per heavy atom. The lowest BCUT2D eigenvalue weighted by molar-refractivity contribution is -0.125. The Morgan fingerprint density at radius 3 is 3.05 bits per heavy atom. The highest BCUT2D eigenvalue weighted by atomic mass is 16.5. The number of aliphatic hydroxyl groups excluding tert-OH is 1. The summed E-state index contributed by atoms with van der Waals surface area (Å²) in [5.41, 5.74) is 1.08. The summed E-state index contributed by atoms with van der Waals surface area (Å²) in [5.74, 6) is -0.200. The lowest BCUT2D eigenvalue weighted by Crippen LogP contribution is -2.44. The molecule has 2 N–H and O–H groups in total. The molecule has 0 unspecified atom stereocenters. The summed E-state index contributed by atoms with van der Waals surface area (Å²) >= 11 is 0. The zero-order valence-corrected chi connectivity index (χ0v) is 11.2. The van der Waals surface area contributed by atoms with Crippen molar-refractivity contribution in [3.05, 3.63) is 18.0 Å². The summed E-state index contributed by atoms with van der Waals surface area (Å²) in [6.45, 7) is 1.90. The molecule has 0 aliphatic carbocycles. The number of nitrogens with zero attached hydrogens (tertiary/aromatic N) is 3. The van der Waals surface area contributed by atoms with Crippen LogP contribution < -0.4 is 5.32 Å². The summed E-state index contributed by atoms with van der Waals surface area (Å²) in [6.07, 6.45) is 1.20. The van der Waals surface area contributed by atoms with Crippen molar-refractivity contribution in [2.75, 3.05) is 26.8 Å². The number of carbonyl (C=O) groups excluding carboxylic acids is 1. The van der Waals surface area contributed by atoms with Gasteiger partial charge in [-0.25, -0.2) is 0 Å². The van der Waals surface area contributed by atoms with Gasteiger partial charge in [-0.1, -0.05) is 0 Å². The fourth-order valence-corrected chi connectivity index (χ4v) is 2.30. The van der Waals surface area contributed by atoms with Crippen LogP contribution in [0.4, 0.5) is 0 Å². The van der Waals surface area contributed by atoms with Crippen molar-refractivity contribution in [1.82, 2.24) is 20.0 Å². The molecule has 0 aromatic carbocycles. The number of amides is 1. The first kappa shape index (κ1) is 14.0. The maximum Gasteiger partial charge on any atom is 0.246 e. The van der Waals surface area contributed by atoms with E-state index in [2.05, 4.69) is 15.3 Å². The Bertz CT molecular complexity index is 434. The highest BCUT2D eigenvalue weighted by Gasteiger charge is 2.32. The van der Waals surface area contributed by atoms with Crippen molar-refractivity contribution in [3.8, 4) is 0 Å². The van der Waals surface area contributed by atoms with Gasteiger partial charge in [0, 0.05) is 40.0 Å². The van der Waals surface area contributed by atoms with E-state index in [1.165, 1.54) is 7.11 Å². The number of aromatic nitrogens is 2. The molecule has 2 atom stereocenters. The number of ether oxygens (including phenoxy) is 1. The van der Waals surface area contributed by atoms with Gasteiger partial charge in [0.05, 0.1) is 17.8 Å². The molecule has 1 aliphatic rings. The van der Waals surface area contributed by atoms with Crippen molar-refractivity contribution in [1.29, 1.82) is 0 Å². The van der Waals surface area contributed by atoms with Crippen molar-refractivity contribution in [3.63, 3.8) is 0 Å². The Labute approximate surface area is 112 Å². The van der Waals surface area contributed by atoms with Crippen LogP contribution in [0, 0.1) is 0 Å². The summed E-state index contributed by atoms with van der Waals surface area (Å²) in [6, 6.07) is 1.71. The van der Waals surface area contributed by atoms with Crippen LogP contribution in [0.1, 0.15) is 5.69 Å². The third-order valence-electron chi connectivity index (χ3n) is 3.29. The first-order chi connectivity index (χ1) is 9.10. The number of hydrogen-bond donors (Lipinski definition) is 2. The number of aliphatic hydroxyl groups is 1. The fraction of sp³-hybridized carbons (Fsp3) is 0.667. The van der Waals surface area contributed by atoms with Gasteiger partial charge in [0.1, 0.15) is 6.61 Å². The Hall–Kier alpha value is -1.44. The maximum absolute atomic E-state index is 11.4. The molecule has 1 amide bonds. The van der Waals surface area contributed by atoms with Gasteiger partial charge in [0.25, 0.3) is 0 Å². The van der Waals surface area contributed by atoms with Gasteiger partial charge in [0.2, 0.25) is 5.91 Å². The van der Waals surface area contributed by atoms with Gasteiger partial charge in [0.15, 0.2) is 0 Å². The highest BCUT2D eigenvalue weighted by Crippen LogP contribution is 2.13. The normalized spacial score (nSPS) is 23.7. The molecule has 1 aliphatic heterocycles. The summed E-state index contributed by atoms with van der Waals surface area (Å²) in [5, 5.41) is 16.8. The van der Waals surface area contributed by atoms with E-state index in [1.807, 2.05) is 17.8 Å². The zero-order chi connectivity index (χ0) is 13.8. The van der Waals surface area contributed by atoms with Gasteiger partial charge in [-0.2, -0.15) is 5.10 Å². The summed E-state index contributed by atoms with van der Waals surface area (Å²) < 4.78 is 6.57. The molecular formula is C12H20N4O3. The number of rotatable bonds is 5. The van der Waals surface area contributed by atoms with E-state index in [4.69, 9.17) is 4.74 Å². The summed E-state index contributed by atoms with van der Waals surface area (Å²) in [4.78, 5) is 13.5. The van der Waals surface area contributed by atoms with Gasteiger partial charge >= 0.3 is 0 Å². The lowest BCUT2D eigenvalue weighted by atomic mass is 10.2. The van der Waals surface area contributed by atoms with Crippen LogP contribution in [0.3, 0.4) is 0 Å². The van der Waals surface area contributed by atoms with Crippen LogP contribution in [0.5, 0.6) is 0 Å². The lowest BCUT2D eigenvalue weighted by Gasteiger charge is -2.16. The van der Waals surface area contributed by atoms with E-state index in [9.17, 15) is 9.90 Å². The quantitative estimate of drug-likeness (QED) is 0.696. The molecule has 19 heavy (non-hydrogen) atoms. The van der Waals surface area contributed by atoms with E-state index in [-0.39, 0.29) is 18.6 Å². The molecule has 106 valence electrons. The molecule has 1 aromatic heterocycles. The highest BCUT2D eigenvalue weighted by molar-refractivity contribution is 5.77. The molecule has 0 saturated carbocycles. The maximum atomic E-state index is 11.4. The monoisotopic (exact) mass is 268 g/mol. The third-order valence-corrected chi connectivity index (χ3v) is 3.29. The van der Waals surface area contributed by atoms with Gasteiger partial charge in [-0.05, 0) is 6.07 Å². The van der Waals surface area contributed by atoms with Gasteiger partial charge in [-0.3, -0.25) is 14.4 Å². The number of β-amino-alcohol motifs (C(OH)–C–C–N with tert-alkyl or cyclic N) is 1. The first-order valence-corrected chi connectivity index (χ1v) is 6.25. The van der Waals surface area contributed by atoms with E-state index in [0.717, 1.165) is 5.69 Å². The van der Waals surface area contributed by atoms with E-state index < -0.39 is 6.10 Å². The molecule has 0 radical (unpaired) electrons. The van der Waals surface area contributed by atoms with Gasteiger partial charge < -0.3 is 15.2 Å². The standard InChI is InChI=1S/C12H20N4O3/c1-15-9(3-4-13-15)5-16-6-10(11(17)7-16)14-12(18)8-19-2/h3-4,10-11,17H,5-8H2,1-2H3,(H,14,18)/t10-,11-/m1/s1. The number of methoxy groups -OCH3 is 1. The molecule has 1 aromatic rings. The largest absolute Gasteiger partial charge is 0.390 e. The van der Waals surface area contributed by atoms with Gasteiger partial charge in [-0.15, -0.1) is 0 Å². The smallest absolute Gasteiger partial charge is 0.246 e. The molecule has 1 saturated heterocycles. The molecule has 2 rings (SSSR count). The van der Waals surface area contributed by atoms with Crippen LogP contribution in [-0.4, -0.2) is 64.6 Å². The van der Waals surface area contributed by atoms with Crippen LogP contribution in [0.2, 0.25) is 0 Å². The third kappa shape index (κ3) is 3.52. The molecule has 0 bridgehead atoms. The van der Waals surface area contributed by atoms with Crippen LogP contribution in [0.25, 0.3) is 0 Å². The van der Waals surface area contributed by atoms with E-state index in [1.54, 1.807) is 6.20 Å². The minimum atomic E-state index is -0.547. The molecule has 0 spiro atoms. The second-order valence-electron chi connectivity index (χ2n) is 4.81. The Balaban J connectivity index is 1.87. The second kappa shape index (κ2) is 6.14. The topological polar surface area (TPSA) is 79.6 Å². The predicted octanol–water partition coefficient (Wildman–Crippen LogP) is -1.27. The molecule has 7 heteroatoms. The number of carbonyl (C=O) groups is 1. The Kier molecular flexibility index (Phi) is 4.52.